The molecule has 1 aliphatic heterocycles. The number of hydrogen-bond donors (Lipinski definition) is 1. The monoisotopic (exact) mass is 302 g/mol. The van der Waals surface area contributed by atoms with Gasteiger partial charge in [0, 0.05) is 37.3 Å². The summed E-state index contributed by atoms with van der Waals surface area (Å²) in [6.45, 7) is 7.31. The number of rotatable bonds is 4. The second-order valence-corrected chi connectivity index (χ2v) is 6.43. The lowest BCUT2D eigenvalue weighted by Crippen LogP contribution is -2.36. The second kappa shape index (κ2) is 6.03. The first-order chi connectivity index (χ1) is 10.2. The third-order valence-electron chi connectivity index (χ3n) is 3.92. The van der Waals surface area contributed by atoms with Gasteiger partial charge in [0.2, 0.25) is 0 Å². The van der Waals surface area contributed by atoms with E-state index in [2.05, 4.69) is 65.3 Å². The summed E-state index contributed by atoms with van der Waals surface area (Å²) in [6, 6.07) is 8.92. The Morgan fingerprint density at radius 2 is 2.05 bits per heavy atom. The van der Waals surface area contributed by atoms with Crippen molar-refractivity contribution in [2.24, 2.45) is 0 Å². The summed E-state index contributed by atoms with van der Waals surface area (Å²) >= 11 is 1.79. The van der Waals surface area contributed by atoms with Gasteiger partial charge in [-0.25, -0.2) is 4.98 Å². The molecule has 0 bridgehead atoms. The van der Waals surface area contributed by atoms with Crippen molar-refractivity contribution >= 4 is 27.8 Å². The van der Waals surface area contributed by atoms with Gasteiger partial charge in [-0.15, -0.1) is 0 Å². The number of hydrogen-bond acceptors (Lipinski definition) is 5. The molecular formula is C16H22N4S. The zero-order chi connectivity index (χ0) is 14.8. The standard InChI is InChI=1S/C16H22N4S/c1-4-17-12(2)15-11-18-16(21-15)20-10-9-19(3)13-7-5-6-8-14(13)20/h5-8,11-12,17H,4,9-10H2,1-3H3. The van der Waals surface area contributed by atoms with Gasteiger partial charge in [0.1, 0.15) is 0 Å². The van der Waals surface area contributed by atoms with Crippen molar-refractivity contribution in [3.8, 4) is 0 Å². The first kappa shape index (κ1) is 14.4. The predicted octanol–water partition coefficient (Wildman–Crippen LogP) is 3.40. The molecule has 1 aromatic heterocycles. The highest BCUT2D eigenvalue weighted by Gasteiger charge is 2.23. The van der Waals surface area contributed by atoms with Crippen LogP contribution in [0.2, 0.25) is 0 Å². The first-order valence-corrected chi connectivity index (χ1v) is 8.29. The molecule has 0 fully saturated rings. The molecule has 0 spiro atoms. The van der Waals surface area contributed by atoms with Gasteiger partial charge >= 0.3 is 0 Å². The Balaban J connectivity index is 1.90. The van der Waals surface area contributed by atoms with Gasteiger partial charge in [-0.1, -0.05) is 30.4 Å². The average Bonchev–Trinajstić information content (AvgIpc) is 2.98. The van der Waals surface area contributed by atoms with Crippen molar-refractivity contribution in [1.82, 2.24) is 10.3 Å². The average molecular weight is 302 g/mol. The van der Waals surface area contributed by atoms with E-state index in [0.717, 1.165) is 24.8 Å². The van der Waals surface area contributed by atoms with Gasteiger partial charge in [-0.3, -0.25) is 0 Å². The molecule has 2 heterocycles. The number of likely N-dealkylation sites (N-methyl/N-ethyl adjacent to an activating group) is 1. The van der Waals surface area contributed by atoms with Gasteiger partial charge < -0.3 is 15.1 Å². The molecule has 3 rings (SSSR count). The fourth-order valence-electron chi connectivity index (χ4n) is 2.71. The summed E-state index contributed by atoms with van der Waals surface area (Å²) in [5, 5.41) is 4.54. The van der Waals surface area contributed by atoms with Crippen LogP contribution in [0.3, 0.4) is 0 Å². The molecule has 21 heavy (non-hydrogen) atoms. The Morgan fingerprint density at radius 3 is 2.81 bits per heavy atom. The van der Waals surface area contributed by atoms with E-state index < -0.39 is 0 Å². The fraction of sp³-hybridized carbons (Fsp3) is 0.438. The molecule has 112 valence electrons. The van der Waals surface area contributed by atoms with Crippen LogP contribution in [-0.4, -0.2) is 31.7 Å². The van der Waals surface area contributed by atoms with E-state index in [0.29, 0.717) is 6.04 Å². The summed E-state index contributed by atoms with van der Waals surface area (Å²) in [7, 11) is 2.15. The Hall–Kier alpha value is -1.59. The van der Waals surface area contributed by atoms with Gasteiger partial charge in [0.05, 0.1) is 11.4 Å². The lowest BCUT2D eigenvalue weighted by molar-refractivity contribution is 0.606. The molecule has 1 atom stereocenters. The van der Waals surface area contributed by atoms with E-state index >= 15 is 0 Å². The summed E-state index contributed by atoms with van der Waals surface area (Å²) in [6.07, 6.45) is 2.01. The van der Waals surface area contributed by atoms with E-state index in [1.807, 2.05) is 6.20 Å². The number of aromatic nitrogens is 1. The molecule has 0 amide bonds. The van der Waals surface area contributed by atoms with Crippen molar-refractivity contribution in [2.45, 2.75) is 19.9 Å². The van der Waals surface area contributed by atoms with E-state index in [4.69, 9.17) is 0 Å². The lowest BCUT2D eigenvalue weighted by atomic mass is 10.2. The first-order valence-electron chi connectivity index (χ1n) is 7.47. The Morgan fingerprint density at radius 1 is 1.29 bits per heavy atom. The maximum atomic E-state index is 4.65. The summed E-state index contributed by atoms with van der Waals surface area (Å²) in [4.78, 5) is 10.6. The minimum atomic E-state index is 0.365. The molecule has 1 aromatic carbocycles. The van der Waals surface area contributed by atoms with Crippen LogP contribution < -0.4 is 15.1 Å². The van der Waals surface area contributed by atoms with Crippen LogP contribution in [0.1, 0.15) is 24.8 Å². The zero-order valence-electron chi connectivity index (χ0n) is 12.8. The topological polar surface area (TPSA) is 31.4 Å². The third-order valence-corrected chi connectivity index (χ3v) is 5.13. The molecule has 4 nitrogen and oxygen atoms in total. The Kier molecular flexibility index (Phi) is 4.12. The zero-order valence-corrected chi connectivity index (χ0v) is 13.7. The van der Waals surface area contributed by atoms with Crippen molar-refractivity contribution in [1.29, 1.82) is 0 Å². The molecule has 0 saturated carbocycles. The third kappa shape index (κ3) is 2.76. The number of fused-ring (bicyclic) bond motifs is 1. The van der Waals surface area contributed by atoms with Crippen LogP contribution in [0, 0.1) is 0 Å². The van der Waals surface area contributed by atoms with E-state index in [9.17, 15) is 0 Å². The minimum absolute atomic E-state index is 0.365. The van der Waals surface area contributed by atoms with E-state index in [1.54, 1.807) is 11.3 Å². The molecule has 1 aliphatic rings. The van der Waals surface area contributed by atoms with Crippen molar-refractivity contribution in [3.63, 3.8) is 0 Å². The lowest BCUT2D eigenvalue weighted by Gasteiger charge is -2.35. The van der Waals surface area contributed by atoms with Gasteiger partial charge in [0.15, 0.2) is 5.13 Å². The highest BCUT2D eigenvalue weighted by Crippen LogP contribution is 2.39. The Bertz CT molecular complexity index is 610. The van der Waals surface area contributed by atoms with Gasteiger partial charge in [0.25, 0.3) is 0 Å². The fourth-order valence-corrected chi connectivity index (χ4v) is 3.70. The molecule has 1 unspecified atom stereocenters. The molecule has 0 aliphatic carbocycles. The summed E-state index contributed by atoms with van der Waals surface area (Å²) in [5.41, 5.74) is 2.53. The number of anilines is 3. The highest BCUT2D eigenvalue weighted by atomic mass is 32.1. The van der Waals surface area contributed by atoms with E-state index in [1.165, 1.54) is 16.3 Å². The number of nitrogens with one attached hydrogen (secondary N) is 1. The smallest absolute Gasteiger partial charge is 0.190 e. The van der Waals surface area contributed by atoms with Crippen LogP contribution in [0.25, 0.3) is 0 Å². The largest absolute Gasteiger partial charge is 0.371 e. The van der Waals surface area contributed by atoms with Crippen molar-refractivity contribution in [2.75, 3.05) is 36.5 Å². The van der Waals surface area contributed by atoms with Crippen molar-refractivity contribution in [3.05, 3.63) is 35.3 Å². The molecule has 1 N–H and O–H groups in total. The van der Waals surface area contributed by atoms with Crippen LogP contribution in [0.5, 0.6) is 0 Å². The van der Waals surface area contributed by atoms with Crippen LogP contribution in [0.4, 0.5) is 16.5 Å². The normalized spacial score (nSPS) is 16.0. The number of nitrogens with zero attached hydrogens (tertiary/aromatic N) is 3. The summed E-state index contributed by atoms with van der Waals surface area (Å²) in [5.74, 6) is 0. The molecular weight excluding hydrogens is 280 g/mol. The SMILES string of the molecule is CCNC(C)c1cnc(N2CCN(C)c3ccccc32)s1. The van der Waals surface area contributed by atoms with Crippen LogP contribution >= 0.6 is 11.3 Å². The van der Waals surface area contributed by atoms with Gasteiger partial charge in [-0.2, -0.15) is 0 Å². The molecule has 2 aromatic rings. The van der Waals surface area contributed by atoms with Crippen LogP contribution in [0.15, 0.2) is 30.5 Å². The Labute approximate surface area is 130 Å². The second-order valence-electron chi connectivity index (χ2n) is 5.39. The highest BCUT2D eigenvalue weighted by molar-refractivity contribution is 7.15. The molecule has 5 heteroatoms. The number of para-hydroxylation sites is 2. The predicted molar refractivity (Wildman–Crippen MR) is 90.9 cm³/mol. The van der Waals surface area contributed by atoms with E-state index in [-0.39, 0.29) is 0 Å². The van der Waals surface area contributed by atoms with Gasteiger partial charge in [-0.05, 0) is 25.6 Å². The molecule has 0 saturated heterocycles. The van der Waals surface area contributed by atoms with Crippen LogP contribution in [-0.2, 0) is 0 Å². The maximum absolute atomic E-state index is 4.65. The van der Waals surface area contributed by atoms with Crippen molar-refractivity contribution < 1.29 is 0 Å². The quantitative estimate of drug-likeness (QED) is 0.938. The number of thiazole rings is 1. The summed E-state index contributed by atoms with van der Waals surface area (Å²) < 4.78 is 0. The minimum Gasteiger partial charge on any atom is -0.371 e. The molecule has 0 radical (unpaired) electrons. The number of benzene rings is 1. The maximum Gasteiger partial charge on any atom is 0.190 e.